The summed E-state index contributed by atoms with van der Waals surface area (Å²) in [6.07, 6.45) is 2.08. The molecule has 2 aliphatic heterocycles. The van der Waals surface area contributed by atoms with Crippen molar-refractivity contribution in [1.82, 2.24) is 10.2 Å². The zero-order valence-corrected chi connectivity index (χ0v) is 12.5. The molecule has 0 aromatic heterocycles. The number of ether oxygens (including phenoxy) is 1. The smallest absolute Gasteiger partial charge is 0.253 e. The number of benzene rings is 1. The van der Waals surface area contributed by atoms with E-state index in [4.69, 9.17) is 4.74 Å². The monoisotopic (exact) mass is 296 g/mol. The third-order valence-corrected chi connectivity index (χ3v) is 4.16. The number of rotatable bonds is 2. The molecule has 0 atom stereocenters. The second kappa shape index (κ2) is 6.57. The molecule has 1 N–H and O–H groups in total. The summed E-state index contributed by atoms with van der Waals surface area (Å²) in [5.41, 5.74) is 3.17. The minimum Gasteiger partial charge on any atom is -0.372 e. The minimum absolute atomic E-state index is 0. The maximum atomic E-state index is 12.5. The van der Waals surface area contributed by atoms with Gasteiger partial charge in [-0.25, -0.2) is 0 Å². The molecule has 1 fully saturated rings. The summed E-state index contributed by atoms with van der Waals surface area (Å²) in [6.45, 7) is 3.01. The molecule has 0 bridgehead atoms. The Kier molecular flexibility index (Phi) is 5.02. The van der Waals surface area contributed by atoms with Crippen LogP contribution in [0.25, 0.3) is 0 Å². The van der Waals surface area contributed by atoms with Crippen LogP contribution in [0.3, 0.4) is 0 Å². The van der Waals surface area contributed by atoms with Gasteiger partial charge in [-0.05, 0) is 43.1 Å². The molecule has 110 valence electrons. The first-order chi connectivity index (χ1) is 9.28. The predicted molar refractivity (Wildman–Crippen MR) is 80.2 cm³/mol. The van der Waals surface area contributed by atoms with Gasteiger partial charge in [0.1, 0.15) is 0 Å². The van der Waals surface area contributed by atoms with E-state index in [1.54, 1.807) is 0 Å². The quantitative estimate of drug-likeness (QED) is 0.907. The Hall–Kier alpha value is -1.10. The van der Waals surface area contributed by atoms with Crippen LogP contribution in [0.5, 0.6) is 0 Å². The topological polar surface area (TPSA) is 41.6 Å². The van der Waals surface area contributed by atoms with Crippen molar-refractivity contribution >= 4 is 18.3 Å². The summed E-state index contributed by atoms with van der Waals surface area (Å²) in [4.78, 5) is 14.4. The minimum atomic E-state index is 0. The van der Waals surface area contributed by atoms with E-state index in [1.807, 2.05) is 30.1 Å². The van der Waals surface area contributed by atoms with Gasteiger partial charge in [-0.15, -0.1) is 12.4 Å². The van der Waals surface area contributed by atoms with E-state index in [-0.39, 0.29) is 18.3 Å². The lowest BCUT2D eigenvalue weighted by atomic mass is 10.0. The zero-order chi connectivity index (χ0) is 13.2. The Morgan fingerprint density at radius 2 is 1.95 bits per heavy atom. The van der Waals surface area contributed by atoms with Crippen LogP contribution in [-0.4, -0.2) is 37.0 Å². The summed E-state index contributed by atoms with van der Waals surface area (Å²) >= 11 is 0. The van der Waals surface area contributed by atoms with Gasteiger partial charge in [0.2, 0.25) is 0 Å². The van der Waals surface area contributed by atoms with E-state index < -0.39 is 0 Å². The largest absolute Gasteiger partial charge is 0.372 e. The number of carbonyl (C=O) groups is 1. The van der Waals surface area contributed by atoms with Crippen molar-refractivity contribution in [3.8, 4) is 0 Å². The highest BCUT2D eigenvalue weighted by molar-refractivity contribution is 5.94. The number of amides is 1. The first-order valence-corrected chi connectivity index (χ1v) is 6.94. The normalized spacial score (nSPS) is 18.6. The maximum Gasteiger partial charge on any atom is 0.253 e. The van der Waals surface area contributed by atoms with E-state index in [2.05, 4.69) is 5.32 Å². The number of hydrogen-bond acceptors (Lipinski definition) is 3. The molecule has 4 nitrogen and oxygen atoms in total. The highest BCUT2D eigenvalue weighted by Crippen LogP contribution is 2.22. The molecule has 5 heteroatoms. The van der Waals surface area contributed by atoms with Gasteiger partial charge >= 0.3 is 0 Å². The molecule has 1 amide bonds. The lowest BCUT2D eigenvalue weighted by Gasteiger charge is -2.32. The van der Waals surface area contributed by atoms with E-state index in [1.165, 1.54) is 5.56 Å². The fourth-order valence-corrected chi connectivity index (χ4v) is 2.86. The van der Waals surface area contributed by atoms with Gasteiger partial charge in [-0.1, -0.05) is 6.07 Å². The molecule has 1 saturated heterocycles. The van der Waals surface area contributed by atoms with E-state index in [0.717, 1.165) is 37.1 Å². The fraction of sp³-hybridized carbons (Fsp3) is 0.533. The van der Waals surface area contributed by atoms with Gasteiger partial charge in [-0.3, -0.25) is 4.79 Å². The van der Waals surface area contributed by atoms with Gasteiger partial charge in [-0.2, -0.15) is 0 Å². The Morgan fingerprint density at radius 1 is 1.25 bits per heavy atom. The van der Waals surface area contributed by atoms with E-state index in [9.17, 15) is 4.79 Å². The van der Waals surface area contributed by atoms with Crippen LogP contribution in [-0.2, 0) is 18.0 Å². The maximum absolute atomic E-state index is 12.5. The van der Waals surface area contributed by atoms with Crippen molar-refractivity contribution in [3.05, 3.63) is 34.9 Å². The third-order valence-electron chi connectivity index (χ3n) is 4.16. The van der Waals surface area contributed by atoms with Crippen LogP contribution in [0.1, 0.15) is 34.3 Å². The molecule has 0 spiro atoms. The third kappa shape index (κ3) is 2.97. The Balaban J connectivity index is 0.00000147. The van der Waals surface area contributed by atoms with E-state index >= 15 is 0 Å². The number of fused-ring (bicyclic) bond motifs is 1. The van der Waals surface area contributed by atoms with Gasteiger partial charge in [0, 0.05) is 24.7 Å². The molecule has 1 aromatic carbocycles. The van der Waals surface area contributed by atoms with Crippen molar-refractivity contribution in [1.29, 1.82) is 0 Å². The van der Waals surface area contributed by atoms with Crippen LogP contribution in [0.4, 0.5) is 0 Å². The van der Waals surface area contributed by atoms with Crippen LogP contribution in [0.2, 0.25) is 0 Å². The molecule has 2 aliphatic rings. The average molecular weight is 297 g/mol. The van der Waals surface area contributed by atoms with Crippen molar-refractivity contribution in [3.63, 3.8) is 0 Å². The molecule has 0 radical (unpaired) electrons. The SMILES string of the molecule is CNC1CCN(C(=O)c2ccc3c(c2)COC3)CC1.Cl. The molecule has 1 aromatic rings. The molecule has 3 rings (SSSR count). The second-order valence-corrected chi connectivity index (χ2v) is 5.33. The molecule has 2 heterocycles. The number of likely N-dealkylation sites (tertiary alicyclic amines) is 1. The fourth-order valence-electron chi connectivity index (χ4n) is 2.86. The van der Waals surface area contributed by atoms with Gasteiger partial charge in [0.15, 0.2) is 0 Å². The number of piperidine rings is 1. The Bertz CT molecular complexity index is 485. The summed E-state index contributed by atoms with van der Waals surface area (Å²) in [6, 6.07) is 6.50. The van der Waals surface area contributed by atoms with Crippen LogP contribution in [0, 0.1) is 0 Å². The summed E-state index contributed by atoms with van der Waals surface area (Å²) < 4.78 is 5.39. The number of carbonyl (C=O) groups excluding carboxylic acids is 1. The van der Waals surface area contributed by atoms with Crippen molar-refractivity contribution in [2.45, 2.75) is 32.1 Å². The zero-order valence-electron chi connectivity index (χ0n) is 11.7. The number of nitrogens with zero attached hydrogens (tertiary/aromatic N) is 1. The van der Waals surface area contributed by atoms with Crippen LogP contribution >= 0.6 is 12.4 Å². The first kappa shape index (κ1) is 15.3. The molecule has 20 heavy (non-hydrogen) atoms. The van der Waals surface area contributed by atoms with Crippen molar-refractivity contribution in [2.75, 3.05) is 20.1 Å². The van der Waals surface area contributed by atoms with E-state index in [0.29, 0.717) is 19.3 Å². The summed E-state index contributed by atoms with van der Waals surface area (Å²) in [7, 11) is 1.99. The van der Waals surface area contributed by atoms with Crippen molar-refractivity contribution < 1.29 is 9.53 Å². The summed E-state index contributed by atoms with van der Waals surface area (Å²) in [5, 5.41) is 3.28. The molecular formula is C15H21ClN2O2. The van der Waals surface area contributed by atoms with Gasteiger partial charge in [0.05, 0.1) is 13.2 Å². The summed E-state index contributed by atoms with van der Waals surface area (Å²) in [5.74, 6) is 0.157. The Morgan fingerprint density at radius 3 is 2.65 bits per heavy atom. The van der Waals surface area contributed by atoms with Crippen LogP contribution in [0.15, 0.2) is 18.2 Å². The van der Waals surface area contributed by atoms with Gasteiger partial charge in [0.25, 0.3) is 5.91 Å². The van der Waals surface area contributed by atoms with Crippen molar-refractivity contribution in [2.24, 2.45) is 0 Å². The molecule has 0 saturated carbocycles. The van der Waals surface area contributed by atoms with Gasteiger partial charge < -0.3 is 15.0 Å². The number of hydrogen-bond donors (Lipinski definition) is 1. The molecular weight excluding hydrogens is 276 g/mol. The highest BCUT2D eigenvalue weighted by Gasteiger charge is 2.23. The van der Waals surface area contributed by atoms with Crippen LogP contribution < -0.4 is 5.32 Å². The molecule has 0 aliphatic carbocycles. The second-order valence-electron chi connectivity index (χ2n) is 5.33. The first-order valence-electron chi connectivity index (χ1n) is 6.94. The predicted octanol–water partition coefficient (Wildman–Crippen LogP) is 1.96. The standard InChI is InChI=1S/C15H20N2O2.ClH/c1-16-14-4-6-17(7-5-14)15(18)11-2-3-12-9-19-10-13(12)8-11;/h2-3,8,14,16H,4-7,9-10H2,1H3;1H. The number of nitrogens with one attached hydrogen (secondary N) is 1. The highest BCUT2D eigenvalue weighted by atomic mass is 35.5. The average Bonchev–Trinajstić information content (AvgIpc) is 2.94. The lowest BCUT2D eigenvalue weighted by molar-refractivity contribution is 0.0707. The Labute approximate surface area is 125 Å². The molecule has 0 unspecified atom stereocenters. The number of halogens is 1. The lowest BCUT2D eigenvalue weighted by Crippen LogP contribution is -2.43.